The average Bonchev–Trinajstić information content (AvgIpc) is 3.12. The van der Waals surface area contributed by atoms with E-state index in [1.54, 1.807) is 14.2 Å². The lowest BCUT2D eigenvalue weighted by Crippen LogP contribution is -2.87. The zero-order valence-electron chi connectivity index (χ0n) is 14.7. The van der Waals surface area contributed by atoms with Gasteiger partial charge >= 0.3 is 0 Å². The van der Waals surface area contributed by atoms with Crippen LogP contribution in [-0.2, 0) is 15.9 Å². The molecule has 0 bridgehead atoms. The van der Waals surface area contributed by atoms with Gasteiger partial charge in [-0.25, -0.2) is 0 Å². The fourth-order valence-electron chi connectivity index (χ4n) is 2.79. The number of rotatable bonds is 11. The van der Waals surface area contributed by atoms with Crippen molar-refractivity contribution < 1.29 is 29.4 Å². The average molecular weight is 340 g/mol. The summed E-state index contributed by atoms with van der Waals surface area (Å²) in [7, 11) is 3.27. The van der Waals surface area contributed by atoms with Crippen molar-refractivity contribution in [1.29, 1.82) is 0 Å². The number of methoxy groups -OCH3 is 2. The van der Waals surface area contributed by atoms with Crippen LogP contribution in [0.2, 0.25) is 0 Å². The second kappa shape index (κ2) is 10.5. The minimum absolute atomic E-state index is 0.214. The van der Waals surface area contributed by atoms with Crippen molar-refractivity contribution in [2.24, 2.45) is 0 Å². The molecule has 2 atom stereocenters. The van der Waals surface area contributed by atoms with E-state index >= 15 is 0 Å². The summed E-state index contributed by atoms with van der Waals surface area (Å²) in [6.45, 7) is 3.33. The smallest absolute Gasteiger partial charge is 0.160 e. The van der Waals surface area contributed by atoms with Crippen LogP contribution >= 0.6 is 0 Å². The Morgan fingerprint density at radius 2 is 2.12 bits per heavy atom. The molecular formula is C18H30NO5+. The van der Waals surface area contributed by atoms with Crippen LogP contribution in [0.3, 0.4) is 0 Å². The Morgan fingerprint density at radius 1 is 1.29 bits per heavy atom. The Balaban J connectivity index is 1.58. The molecule has 1 saturated heterocycles. The van der Waals surface area contributed by atoms with E-state index in [4.69, 9.17) is 18.9 Å². The third-order valence-corrected chi connectivity index (χ3v) is 4.16. The summed E-state index contributed by atoms with van der Waals surface area (Å²) in [5, 5.41) is 12.0. The number of nitrogens with two attached hydrogens (primary N) is 1. The predicted octanol–water partition coefficient (Wildman–Crippen LogP) is 0.366. The third-order valence-electron chi connectivity index (χ3n) is 4.16. The van der Waals surface area contributed by atoms with Crippen LogP contribution in [0.1, 0.15) is 18.4 Å². The van der Waals surface area contributed by atoms with E-state index in [-0.39, 0.29) is 6.10 Å². The molecular weight excluding hydrogens is 310 g/mol. The van der Waals surface area contributed by atoms with Gasteiger partial charge in [0.1, 0.15) is 12.6 Å². The Bertz CT molecular complexity index is 476. The van der Waals surface area contributed by atoms with Gasteiger partial charge in [-0.05, 0) is 30.5 Å². The van der Waals surface area contributed by atoms with Gasteiger partial charge in [0, 0.05) is 13.0 Å². The van der Waals surface area contributed by atoms with E-state index in [1.165, 1.54) is 5.56 Å². The Labute approximate surface area is 144 Å². The number of hydrogen-bond acceptors (Lipinski definition) is 5. The molecule has 1 heterocycles. The molecule has 1 aliphatic heterocycles. The minimum Gasteiger partial charge on any atom is -0.493 e. The molecule has 24 heavy (non-hydrogen) atoms. The number of benzene rings is 1. The van der Waals surface area contributed by atoms with Crippen LogP contribution in [0, 0.1) is 0 Å². The summed E-state index contributed by atoms with van der Waals surface area (Å²) >= 11 is 0. The topological polar surface area (TPSA) is 73.8 Å². The lowest BCUT2D eigenvalue weighted by atomic mass is 10.1. The first-order valence-corrected chi connectivity index (χ1v) is 8.63. The van der Waals surface area contributed by atoms with Crippen molar-refractivity contribution >= 4 is 0 Å². The number of ether oxygens (including phenoxy) is 4. The quantitative estimate of drug-likeness (QED) is 0.569. The highest BCUT2D eigenvalue weighted by Gasteiger charge is 2.16. The van der Waals surface area contributed by atoms with Crippen molar-refractivity contribution in [3.8, 4) is 11.5 Å². The van der Waals surface area contributed by atoms with Crippen molar-refractivity contribution in [1.82, 2.24) is 0 Å². The number of aliphatic hydroxyl groups excluding tert-OH is 1. The summed E-state index contributed by atoms with van der Waals surface area (Å²) in [6.07, 6.45) is 2.85. The van der Waals surface area contributed by atoms with Crippen LogP contribution in [0.5, 0.6) is 11.5 Å². The van der Waals surface area contributed by atoms with Gasteiger partial charge < -0.3 is 29.4 Å². The van der Waals surface area contributed by atoms with Gasteiger partial charge in [0.15, 0.2) is 11.5 Å². The molecule has 6 heteroatoms. The van der Waals surface area contributed by atoms with Crippen LogP contribution in [-0.4, -0.2) is 64.4 Å². The number of hydrogen-bond donors (Lipinski definition) is 2. The van der Waals surface area contributed by atoms with E-state index in [2.05, 4.69) is 5.32 Å². The minimum atomic E-state index is -0.447. The molecule has 1 aromatic carbocycles. The highest BCUT2D eigenvalue weighted by Crippen LogP contribution is 2.27. The SMILES string of the molecule is COc1ccc(CC[NH2+]C[C@H](O)COC[C@H]2CCCO2)cc1OC. The molecule has 3 N–H and O–H groups in total. The van der Waals surface area contributed by atoms with E-state index in [1.807, 2.05) is 18.2 Å². The molecule has 0 saturated carbocycles. The third kappa shape index (κ3) is 6.28. The van der Waals surface area contributed by atoms with Gasteiger partial charge in [0.25, 0.3) is 0 Å². The zero-order valence-corrected chi connectivity index (χ0v) is 14.7. The van der Waals surface area contributed by atoms with Crippen molar-refractivity contribution in [3.05, 3.63) is 23.8 Å². The lowest BCUT2D eigenvalue weighted by molar-refractivity contribution is -0.660. The lowest BCUT2D eigenvalue weighted by Gasteiger charge is -2.13. The normalized spacial score (nSPS) is 18.5. The largest absolute Gasteiger partial charge is 0.493 e. The second-order valence-corrected chi connectivity index (χ2v) is 6.08. The van der Waals surface area contributed by atoms with E-state index in [0.717, 1.165) is 43.9 Å². The molecule has 0 aromatic heterocycles. The standard InChI is InChI=1S/C18H29NO5/c1-21-17-6-5-14(10-18(17)22-2)7-8-19-11-15(20)12-23-13-16-4-3-9-24-16/h5-6,10,15-16,19-20H,3-4,7-9,11-13H2,1-2H3/p+1/t15-,16+/m0/s1. The zero-order chi connectivity index (χ0) is 17.2. The fraction of sp³-hybridized carbons (Fsp3) is 0.667. The summed E-state index contributed by atoms with van der Waals surface area (Å²) in [5.41, 5.74) is 1.19. The maximum atomic E-state index is 9.94. The van der Waals surface area contributed by atoms with Crippen LogP contribution in [0.4, 0.5) is 0 Å². The molecule has 0 aliphatic carbocycles. The Kier molecular flexibility index (Phi) is 8.32. The highest BCUT2D eigenvalue weighted by atomic mass is 16.5. The molecule has 1 aromatic rings. The van der Waals surface area contributed by atoms with Gasteiger partial charge in [0.05, 0.1) is 40.1 Å². The first kappa shape index (κ1) is 19.0. The van der Waals surface area contributed by atoms with E-state index in [0.29, 0.717) is 19.8 Å². The van der Waals surface area contributed by atoms with Crippen molar-refractivity contribution in [2.75, 3.05) is 47.1 Å². The van der Waals surface area contributed by atoms with Crippen molar-refractivity contribution in [3.63, 3.8) is 0 Å². The van der Waals surface area contributed by atoms with Gasteiger partial charge in [-0.1, -0.05) is 6.07 Å². The summed E-state index contributed by atoms with van der Waals surface area (Å²) in [6, 6.07) is 5.95. The summed E-state index contributed by atoms with van der Waals surface area (Å²) in [4.78, 5) is 0. The van der Waals surface area contributed by atoms with E-state index < -0.39 is 6.10 Å². The van der Waals surface area contributed by atoms with Gasteiger partial charge in [-0.3, -0.25) is 0 Å². The van der Waals surface area contributed by atoms with Crippen LogP contribution < -0.4 is 14.8 Å². The first-order valence-electron chi connectivity index (χ1n) is 8.63. The number of aliphatic hydroxyl groups is 1. The monoisotopic (exact) mass is 340 g/mol. The second-order valence-electron chi connectivity index (χ2n) is 6.08. The molecule has 1 aliphatic rings. The maximum absolute atomic E-state index is 9.94. The summed E-state index contributed by atoms with van der Waals surface area (Å²) < 4.78 is 21.5. The predicted molar refractivity (Wildman–Crippen MR) is 90.7 cm³/mol. The van der Waals surface area contributed by atoms with Crippen LogP contribution in [0.15, 0.2) is 18.2 Å². The molecule has 0 spiro atoms. The molecule has 136 valence electrons. The first-order chi connectivity index (χ1) is 11.7. The Morgan fingerprint density at radius 3 is 2.83 bits per heavy atom. The molecule has 2 rings (SSSR count). The molecule has 0 radical (unpaired) electrons. The maximum Gasteiger partial charge on any atom is 0.160 e. The van der Waals surface area contributed by atoms with E-state index in [9.17, 15) is 5.11 Å². The van der Waals surface area contributed by atoms with Crippen LogP contribution in [0.25, 0.3) is 0 Å². The van der Waals surface area contributed by atoms with Crippen molar-refractivity contribution in [2.45, 2.75) is 31.5 Å². The Hall–Kier alpha value is -1.34. The van der Waals surface area contributed by atoms with Gasteiger partial charge in [-0.2, -0.15) is 0 Å². The fourth-order valence-corrected chi connectivity index (χ4v) is 2.79. The molecule has 1 fully saturated rings. The van der Waals surface area contributed by atoms with Gasteiger partial charge in [-0.15, -0.1) is 0 Å². The number of quaternary nitrogens is 1. The van der Waals surface area contributed by atoms with Gasteiger partial charge in [0.2, 0.25) is 0 Å². The summed E-state index contributed by atoms with van der Waals surface area (Å²) in [5.74, 6) is 1.49. The molecule has 0 unspecified atom stereocenters. The highest BCUT2D eigenvalue weighted by molar-refractivity contribution is 5.42. The molecule has 6 nitrogen and oxygen atoms in total. The molecule has 0 amide bonds.